The van der Waals surface area contributed by atoms with Crippen molar-refractivity contribution in [2.24, 2.45) is 7.05 Å². The molecule has 3 heterocycles. The molecule has 0 aliphatic rings. The average Bonchev–Trinajstić information content (AvgIpc) is 3.35. The summed E-state index contributed by atoms with van der Waals surface area (Å²) in [5, 5.41) is 4.02. The van der Waals surface area contributed by atoms with E-state index in [2.05, 4.69) is 25.3 Å². The molecule has 0 unspecified atom stereocenters. The Bertz CT molecular complexity index is 1400. The molecular weight excluding hydrogens is 440 g/mol. The molecule has 0 radical (unpaired) electrons. The molecule has 9 nitrogen and oxygen atoms in total. The van der Waals surface area contributed by atoms with Crippen LogP contribution in [0, 0.1) is 6.92 Å². The fourth-order valence-electron chi connectivity index (χ4n) is 3.08. The number of imidazole rings is 1. The second-order valence-corrected chi connectivity index (χ2v) is 8.66. The van der Waals surface area contributed by atoms with Crippen molar-refractivity contribution in [1.82, 2.24) is 24.5 Å². The standard InChI is InChI=1S/C20H19ClN6O3S/c1-10-3-4-11(8-13(10)21)7-12-9-22-19(31-12)25-15(28)6-5-14-23-16-17(24-14)27(2)20(30)26-18(16)29/h3-4,8-9H,5-7H2,1-2H3,(H,23,24)(H,22,25,28)(H,26,29,30). The Morgan fingerprint density at radius 2 is 2.10 bits per heavy atom. The van der Waals surface area contributed by atoms with Crippen molar-refractivity contribution in [2.75, 3.05) is 5.32 Å². The smallest absolute Gasteiger partial charge is 0.329 e. The summed E-state index contributed by atoms with van der Waals surface area (Å²) in [5.74, 6) is 0.232. The number of aryl methyl sites for hydroxylation is 3. The number of H-pyrrole nitrogens is 2. The number of benzene rings is 1. The van der Waals surface area contributed by atoms with Gasteiger partial charge in [0.2, 0.25) is 5.91 Å². The number of nitrogens with zero attached hydrogens (tertiary/aromatic N) is 3. The Balaban J connectivity index is 1.37. The van der Waals surface area contributed by atoms with Crippen molar-refractivity contribution in [3.05, 3.63) is 72.1 Å². The van der Waals surface area contributed by atoms with Crippen LogP contribution in [-0.4, -0.2) is 30.4 Å². The van der Waals surface area contributed by atoms with Gasteiger partial charge in [0.05, 0.1) is 0 Å². The normalized spacial score (nSPS) is 11.2. The molecule has 1 amide bonds. The van der Waals surface area contributed by atoms with Crippen LogP contribution in [0.25, 0.3) is 11.2 Å². The Labute approximate surface area is 185 Å². The van der Waals surface area contributed by atoms with Crippen LogP contribution in [0.4, 0.5) is 5.13 Å². The van der Waals surface area contributed by atoms with Gasteiger partial charge in [0, 0.05) is 42.4 Å². The summed E-state index contributed by atoms with van der Waals surface area (Å²) in [6.45, 7) is 1.96. The number of amides is 1. The van der Waals surface area contributed by atoms with Gasteiger partial charge in [0.1, 0.15) is 11.3 Å². The van der Waals surface area contributed by atoms with Crippen molar-refractivity contribution in [3.8, 4) is 0 Å². The van der Waals surface area contributed by atoms with Crippen molar-refractivity contribution >= 4 is 45.1 Å². The first-order valence-electron chi connectivity index (χ1n) is 9.47. The average molecular weight is 459 g/mol. The highest BCUT2D eigenvalue weighted by atomic mass is 35.5. The van der Waals surface area contributed by atoms with Gasteiger partial charge in [-0.05, 0) is 24.1 Å². The molecular formula is C20H19ClN6O3S. The van der Waals surface area contributed by atoms with Gasteiger partial charge >= 0.3 is 5.69 Å². The molecule has 3 N–H and O–H groups in total. The number of aromatic nitrogens is 5. The largest absolute Gasteiger partial charge is 0.336 e. The van der Waals surface area contributed by atoms with Crippen LogP contribution in [0.3, 0.4) is 0 Å². The van der Waals surface area contributed by atoms with E-state index >= 15 is 0 Å². The van der Waals surface area contributed by atoms with Crippen molar-refractivity contribution in [2.45, 2.75) is 26.2 Å². The van der Waals surface area contributed by atoms with E-state index in [1.807, 2.05) is 25.1 Å². The zero-order chi connectivity index (χ0) is 22.1. The maximum absolute atomic E-state index is 12.3. The van der Waals surface area contributed by atoms with Crippen LogP contribution < -0.4 is 16.6 Å². The number of rotatable bonds is 6. The van der Waals surface area contributed by atoms with Crippen molar-refractivity contribution in [3.63, 3.8) is 0 Å². The maximum atomic E-state index is 12.3. The van der Waals surface area contributed by atoms with Gasteiger partial charge in [-0.1, -0.05) is 23.7 Å². The number of carbonyl (C=O) groups is 1. The third-order valence-corrected chi connectivity index (χ3v) is 6.13. The van der Waals surface area contributed by atoms with Gasteiger partial charge < -0.3 is 10.3 Å². The first-order chi connectivity index (χ1) is 14.8. The second-order valence-electron chi connectivity index (χ2n) is 7.14. The lowest BCUT2D eigenvalue weighted by molar-refractivity contribution is -0.116. The summed E-state index contributed by atoms with van der Waals surface area (Å²) in [6, 6.07) is 5.93. The van der Waals surface area contributed by atoms with E-state index in [0.29, 0.717) is 17.4 Å². The predicted molar refractivity (Wildman–Crippen MR) is 120 cm³/mol. The Kier molecular flexibility index (Phi) is 5.75. The molecule has 4 rings (SSSR count). The number of hydrogen-bond donors (Lipinski definition) is 3. The van der Waals surface area contributed by atoms with Crippen LogP contribution in [-0.2, 0) is 24.7 Å². The summed E-state index contributed by atoms with van der Waals surface area (Å²) in [6.07, 6.45) is 2.85. The summed E-state index contributed by atoms with van der Waals surface area (Å²) >= 11 is 7.58. The monoisotopic (exact) mass is 458 g/mol. The van der Waals surface area contributed by atoms with E-state index < -0.39 is 11.2 Å². The highest BCUT2D eigenvalue weighted by Crippen LogP contribution is 2.24. The number of aromatic amines is 2. The molecule has 3 aromatic heterocycles. The minimum Gasteiger partial charge on any atom is -0.336 e. The molecule has 0 saturated heterocycles. The fraction of sp³-hybridized carbons (Fsp3) is 0.250. The van der Waals surface area contributed by atoms with E-state index in [0.717, 1.165) is 21.0 Å². The van der Waals surface area contributed by atoms with Gasteiger partial charge in [-0.2, -0.15) is 0 Å². The maximum Gasteiger partial charge on any atom is 0.329 e. The molecule has 0 atom stereocenters. The number of fused-ring (bicyclic) bond motifs is 1. The molecule has 0 spiro atoms. The highest BCUT2D eigenvalue weighted by molar-refractivity contribution is 7.15. The number of hydrogen-bond acceptors (Lipinski definition) is 6. The molecule has 160 valence electrons. The minimum atomic E-state index is -0.541. The summed E-state index contributed by atoms with van der Waals surface area (Å²) < 4.78 is 1.25. The first kappa shape index (κ1) is 21.0. The van der Waals surface area contributed by atoms with Crippen molar-refractivity contribution in [1.29, 1.82) is 0 Å². The van der Waals surface area contributed by atoms with Crippen LogP contribution in [0.1, 0.15) is 28.2 Å². The van der Waals surface area contributed by atoms with Gasteiger partial charge in [-0.3, -0.25) is 19.1 Å². The summed E-state index contributed by atoms with van der Waals surface area (Å²) in [4.78, 5) is 50.5. The molecule has 31 heavy (non-hydrogen) atoms. The lowest BCUT2D eigenvalue weighted by Gasteiger charge is -2.02. The Morgan fingerprint density at radius 1 is 1.29 bits per heavy atom. The van der Waals surface area contributed by atoms with Gasteiger partial charge in [-0.25, -0.2) is 14.8 Å². The number of nitrogens with one attached hydrogen (secondary N) is 3. The minimum absolute atomic E-state index is 0.147. The van der Waals surface area contributed by atoms with Gasteiger partial charge in [-0.15, -0.1) is 11.3 Å². The predicted octanol–water partition coefficient (Wildman–Crippen LogP) is 2.53. The summed E-state index contributed by atoms with van der Waals surface area (Å²) in [7, 11) is 1.52. The lowest BCUT2D eigenvalue weighted by Crippen LogP contribution is -2.28. The fourth-order valence-corrected chi connectivity index (χ4v) is 4.15. The highest BCUT2D eigenvalue weighted by Gasteiger charge is 2.13. The SMILES string of the molecule is Cc1ccc(Cc2cnc(NC(=O)CCc3nc4c([nH]3)c(=O)[nH]c(=O)n4C)s2)cc1Cl. The number of anilines is 1. The van der Waals surface area contributed by atoms with Gasteiger partial charge in [0.15, 0.2) is 10.8 Å². The molecule has 11 heteroatoms. The van der Waals surface area contributed by atoms with Crippen LogP contribution in [0.2, 0.25) is 5.02 Å². The summed E-state index contributed by atoms with van der Waals surface area (Å²) in [5.41, 5.74) is 1.49. The van der Waals surface area contributed by atoms with E-state index in [9.17, 15) is 14.4 Å². The van der Waals surface area contributed by atoms with Crippen molar-refractivity contribution < 1.29 is 4.79 Å². The first-order valence-corrected chi connectivity index (χ1v) is 10.7. The van der Waals surface area contributed by atoms with Crippen LogP contribution >= 0.6 is 22.9 Å². The van der Waals surface area contributed by atoms with Crippen LogP contribution in [0.15, 0.2) is 34.0 Å². The quantitative estimate of drug-likeness (QED) is 0.409. The van der Waals surface area contributed by atoms with E-state index in [1.165, 1.54) is 23.0 Å². The second kappa shape index (κ2) is 8.48. The number of carbonyl (C=O) groups excluding carboxylic acids is 1. The Hall–Kier alpha value is -3.24. The zero-order valence-electron chi connectivity index (χ0n) is 16.8. The Morgan fingerprint density at radius 3 is 2.87 bits per heavy atom. The van der Waals surface area contributed by atoms with Crippen LogP contribution in [0.5, 0.6) is 0 Å². The van der Waals surface area contributed by atoms with E-state index in [1.54, 1.807) is 6.20 Å². The van der Waals surface area contributed by atoms with Gasteiger partial charge in [0.25, 0.3) is 5.56 Å². The molecule has 0 aliphatic heterocycles. The lowest BCUT2D eigenvalue weighted by atomic mass is 10.1. The number of thiazole rings is 1. The van der Waals surface area contributed by atoms with E-state index in [4.69, 9.17) is 11.6 Å². The molecule has 0 fully saturated rings. The molecule has 4 aromatic rings. The third-order valence-electron chi connectivity index (χ3n) is 4.81. The third kappa shape index (κ3) is 4.59. The van der Waals surface area contributed by atoms with E-state index in [-0.39, 0.29) is 29.9 Å². The number of halogens is 1. The molecule has 0 aliphatic carbocycles. The molecule has 1 aromatic carbocycles. The topological polar surface area (TPSA) is 126 Å². The zero-order valence-corrected chi connectivity index (χ0v) is 18.4. The molecule has 0 bridgehead atoms. The molecule has 0 saturated carbocycles.